The van der Waals surface area contributed by atoms with Gasteiger partial charge >= 0.3 is 0 Å². The van der Waals surface area contributed by atoms with Gasteiger partial charge in [-0.15, -0.1) is 0 Å². The Hall–Kier alpha value is -1.19. The molecule has 0 aliphatic carbocycles. The van der Waals surface area contributed by atoms with Gasteiger partial charge in [-0.05, 0) is 50.1 Å². The van der Waals surface area contributed by atoms with Gasteiger partial charge in [0.25, 0.3) is 0 Å². The van der Waals surface area contributed by atoms with Crippen molar-refractivity contribution < 1.29 is 9.53 Å². The van der Waals surface area contributed by atoms with Crippen molar-refractivity contribution in [3.8, 4) is 0 Å². The topological polar surface area (TPSA) is 38.3 Å². The monoisotopic (exact) mass is 261 g/mol. The van der Waals surface area contributed by atoms with E-state index in [4.69, 9.17) is 4.74 Å². The Kier molecular flexibility index (Phi) is 4.38. The zero-order valence-electron chi connectivity index (χ0n) is 12.2. The highest BCUT2D eigenvalue weighted by Gasteiger charge is 2.34. The molecule has 3 nitrogen and oxygen atoms in total. The lowest BCUT2D eigenvalue weighted by atomic mass is 9.89. The number of rotatable bonds is 4. The number of benzene rings is 1. The highest BCUT2D eigenvalue weighted by molar-refractivity contribution is 6.00. The molecule has 0 amide bonds. The van der Waals surface area contributed by atoms with Gasteiger partial charge in [0.2, 0.25) is 0 Å². The summed E-state index contributed by atoms with van der Waals surface area (Å²) in [5.41, 5.74) is 4.32. The Morgan fingerprint density at radius 3 is 2.58 bits per heavy atom. The maximum atomic E-state index is 12.7. The molecule has 1 aliphatic rings. The van der Waals surface area contributed by atoms with Crippen LogP contribution in [-0.2, 0) is 4.74 Å². The number of Topliss-reactive ketones (excluding diaryl/α,β-unsaturated/α-hetero) is 1. The SMILES string of the molecule is CCNC1COCC1C(=O)c1cc(C)c(C)cc1C. The van der Waals surface area contributed by atoms with Crippen LogP contribution in [0.2, 0.25) is 0 Å². The first-order valence-corrected chi connectivity index (χ1v) is 6.97. The molecule has 0 saturated carbocycles. The Labute approximate surface area is 115 Å². The second kappa shape index (κ2) is 5.85. The lowest BCUT2D eigenvalue weighted by molar-refractivity contribution is 0.0891. The van der Waals surface area contributed by atoms with Gasteiger partial charge in [0.15, 0.2) is 5.78 Å². The fourth-order valence-corrected chi connectivity index (χ4v) is 2.70. The summed E-state index contributed by atoms with van der Waals surface area (Å²) in [6, 6.07) is 4.27. The van der Waals surface area contributed by atoms with Gasteiger partial charge in [-0.1, -0.05) is 13.0 Å². The van der Waals surface area contributed by atoms with E-state index in [0.717, 1.165) is 17.7 Å². The van der Waals surface area contributed by atoms with Crippen LogP contribution in [0.1, 0.15) is 34.0 Å². The second-order valence-corrected chi connectivity index (χ2v) is 5.42. The van der Waals surface area contributed by atoms with Crippen LogP contribution in [0.3, 0.4) is 0 Å². The average Bonchev–Trinajstić information content (AvgIpc) is 2.82. The summed E-state index contributed by atoms with van der Waals surface area (Å²) in [6.45, 7) is 10.2. The van der Waals surface area contributed by atoms with Crippen molar-refractivity contribution in [2.24, 2.45) is 5.92 Å². The molecule has 0 bridgehead atoms. The first-order chi connectivity index (χ1) is 9.04. The molecular formula is C16H23NO2. The van der Waals surface area contributed by atoms with E-state index in [1.165, 1.54) is 11.1 Å². The van der Waals surface area contributed by atoms with E-state index >= 15 is 0 Å². The maximum Gasteiger partial charge on any atom is 0.170 e. The molecule has 1 fully saturated rings. The second-order valence-electron chi connectivity index (χ2n) is 5.42. The number of nitrogens with one attached hydrogen (secondary N) is 1. The Balaban J connectivity index is 2.26. The van der Waals surface area contributed by atoms with E-state index in [1.807, 2.05) is 13.0 Å². The molecule has 0 spiro atoms. The van der Waals surface area contributed by atoms with Crippen LogP contribution in [0.25, 0.3) is 0 Å². The van der Waals surface area contributed by atoms with Gasteiger partial charge in [0, 0.05) is 11.6 Å². The Bertz CT molecular complexity index is 482. The molecule has 0 aromatic heterocycles. The summed E-state index contributed by atoms with van der Waals surface area (Å²) in [7, 11) is 0. The van der Waals surface area contributed by atoms with E-state index in [-0.39, 0.29) is 17.7 Å². The first-order valence-electron chi connectivity index (χ1n) is 6.97. The van der Waals surface area contributed by atoms with Gasteiger partial charge < -0.3 is 10.1 Å². The molecule has 2 unspecified atom stereocenters. The summed E-state index contributed by atoms with van der Waals surface area (Å²) in [5.74, 6) is 0.157. The van der Waals surface area contributed by atoms with E-state index in [2.05, 4.69) is 32.2 Å². The van der Waals surface area contributed by atoms with Crippen LogP contribution in [0.5, 0.6) is 0 Å². The summed E-state index contributed by atoms with van der Waals surface area (Å²) in [4.78, 5) is 12.7. The molecule has 104 valence electrons. The molecule has 3 heteroatoms. The number of carbonyl (C=O) groups excluding carboxylic acids is 1. The van der Waals surface area contributed by atoms with E-state index < -0.39 is 0 Å². The summed E-state index contributed by atoms with van der Waals surface area (Å²) < 4.78 is 5.48. The van der Waals surface area contributed by atoms with Gasteiger partial charge in [0.1, 0.15) is 0 Å². The summed E-state index contributed by atoms with van der Waals surface area (Å²) in [6.07, 6.45) is 0. The van der Waals surface area contributed by atoms with Crippen molar-refractivity contribution in [3.63, 3.8) is 0 Å². The number of hydrogen-bond donors (Lipinski definition) is 1. The molecule has 1 aromatic rings. The summed E-state index contributed by atoms with van der Waals surface area (Å²) in [5, 5.41) is 3.34. The number of likely N-dealkylation sites (N-methyl/N-ethyl adjacent to an activating group) is 1. The molecule has 0 radical (unpaired) electrons. The number of aryl methyl sites for hydroxylation is 3. The molecule has 1 aromatic carbocycles. The van der Waals surface area contributed by atoms with Crippen LogP contribution in [0, 0.1) is 26.7 Å². The zero-order chi connectivity index (χ0) is 14.0. The number of carbonyl (C=O) groups is 1. The standard InChI is InChI=1S/C16H23NO2/c1-5-17-15-9-19-8-14(15)16(18)13-7-11(3)10(2)6-12(13)4/h6-7,14-15,17H,5,8-9H2,1-4H3. The van der Waals surface area contributed by atoms with Gasteiger partial charge in [-0.25, -0.2) is 0 Å². The van der Waals surface area contributed by atoms with Crippen LogP contribution in [-0.4, -0.2) is 31.6 Å². The Morgan fingerprint density at radius 1 is 1.21 bits per heavy atom. The van der Waals surface area contributed by atoms with Gasteiger partial charge in [0.05, 0.1) is 19.1 Å². The number of ether oxygens (including phenoxy) is 1. The zero-order valence-corrected chi connectivity index (χ0v) is 12.2. The van der Waals surface area contributed by atoms with Crippen molar-refractivity contribution in [2.75, 3.05) is 19.8 Å². The van der Waals surface area contributed by atoms with Gasteiger partial charge in [-0.3, -0.25) is 4.79 Å². The Morgan fingerprint density at radius 2 is 1.89 bits per heavy atom. The van der Waals surface area contributed by atoms with Crippen LogP contribution < -0.4 is 5.32 Å². The third-order valence-corrected chi connectivity index (χ3v) is 3.99. The molecule has 1 aliphatic heterocycles. The van der Waals surface area contributed by atoms with Crippen LogP contribution >= 0.6 is 0 Å². The lowest BCUT2D eigenvalue weighted by Crippen LogP contribution is -2.39. The predicted molar refractivity (Wildman–Crippen MR) is 76.8 cm³/mol. The molecule has 19 heavy (non-hydrogen) atoms. The highest BCUT2D eigenvalue weighted by Crippen LogP contribution is 2.23. The maximum absolute atomic E-state index is 12.7. The fraction of sp³-hybridized carbons (Fsp3) is 0.562. The van der Waals surface area contributed by atoms with Crippen LogP contribution in [0.4, 0.5) is 0 Å². The van der Waals surface area contributed by atoms with E-state index in [9.17, 15) is 4.79 Å². The van der Waals surface area contributed by atoms with E-state index in [0.29, 0.717) is 13.2 Å². The molecule has 2 atom stereocenters. The van der Waals surface area contributed by atoms with Crippen molar-refractivity contribution in [2.45, 2.75) is 33.7 Å². The minimum absolute atomic E-state index is 0.0549. The largest absolute Gasteiger partial charge is 0.379 e. The highest BCUT2D eigenvalue weighted by atomic mass is 16.5. The third-order valence-electron chi connectivity index (χ3n) is 3.99. The molecule has 2 rings (SSSR count). The fourth-order valence-electron chi connectivity index (χ4n) is 2.70. The van der Waals surface area contributed by atoms with Crippen molar-refractivity contribution >= 4 is 5.78 Å². The van der Waals surface area contributed by atoms with Crippen molar-refractivity contribution in [3.05, 3.63) is 34.4 Å². The normalized spacial score (nSPS) is 22.7. The summed E-state index contributed by atoms with van der Waals surface area (Å²) >= 11 is 0. The van der Waals surface area contributed by atoms with E-state index in [1.54, 1.807) is 0 Å². The average molecular weight is 261 g/mol. The quantitative estimate of drug-likeness (QED) is 0.846. The number of hydrogen-bond acceptors (Lipinski definition) is 3. The van der Waals surface area contributed by atoms with Gasteiger partial charge in [-0.2, -0.15) is 0 Å². The minimum atomic E-state index is -0.0549. The predicted octanol–water partition coefficient (Wildman–Crippen LogP) is 2.42. The molecule has 1 N–H and O–H groups in total. The smallest absolute Gasteiger partial charge is 0.170 e. The molecule has 1 heterocycles. The minimum Gasteiger partial charge on any atom is -0.379 e. The van der Waals surface area contributed by atoms with Crippen molar-refractivity contribution in [1.82, 2.24) is 5.32 Å². The molecule has 1 saturated heterocycles. The lowest BCUT2D eigenvalue weighted by Gasteiger charge is -2.18. The van der Waals surface area contributed by atoms with Crippen LogP contribution in [0.15, 0.2) is 12.1 Å². The number of ketones is 1. The first kappa shape index (κ1) is 14.2. The third kappa shape index (κ3) is 2.88. The van der Waals surface area contributed by atoms with Crippen molar-refractivity contribution in [1.29, 1.82) is 0 Å². The molecular weight excluding hydrogens is 238 g/mol.